The van der Waals surface area contributed by atoms with Crippen LogP contribution in [0.4, 0.5) is 0 Å². The molecule has 12 heteroatoms. The molecule has 3 aromatic carbocycles. The Hall–Kier alpha value is -4.29. The van der Waals surface area contributed by atoms with Crippen LogP contribution in [0, 0.1) is 5.41 Å². The summed E-state index contributed by atoms with van der Waals surface area (Å²) in [6, 6.07) is 17.5. The fourth-order valence-corrected chi connectivity index (χ4v) is 7.05. The highest BCUT2D eigenvalue weighted by Crippen LogP contribution is 2.27. The molecular formula is C30H31N5O5S2. The molecule has 10 nitrogen and oxygen atoms in total. The van der Waals surface area contributed by atoms with Crippen molar-refractivity contribution in [2.75, 3.05) is 19.3 Å². The average Bonchev–Trinajstić information content (AvgIpc) is 3.63. The summed E-state index contributed by atoms with van der Waals surface area (Å²) in [5, 5.41) is 17.9. The smallest absolute Gasteiger partial charge is 0.251 e. The number of nitrogens with two attached hydrogens (primary N) is 1. The normalized spacial score (nSPS) is 17.7. The zero-order valence-corrected chi connectivity index (χ0v) is 24.7. The molecule has 4 aromatic rings. The second-order valence-corrected chi connectivity index (χ2v) is 13.8. The molecule has 0 radical (unpaired) electrons. The van der Waals surface area contributed by atoms with Crippen LogP contribution < -0.4 is 16.4 Å². The molecule has 0 spiro atoms. The molecule has 218 valence electrons. The summed E-state index contributed by atoms with van der Waals surface area (Å²) in [5.41, 5.74) is 6.46. The Morgan fingerprint density at radius 1 is 1.02 bits per heavy atom. The van der Waals surface area contributed by atoms with E-state index in [-0.39, 0.29) is 18.8 Å². The van der Waals surface area contributed by atoms with Crippen molar-refractivity contribution in [1.29, 1.82) is 5.41 Å². The second-order valence-electron chi connectivity index (χ2n) is 10.6. The quantitative estimate of drug-likeness (QED) is 0.137. The van der Waals surface area contributed by atoms with Crippen molar-refractivity contribution < 1.29 is 22.8 Å². The van der Waals surface area contributed by atoms with Crippen LogP contribution in [0.15, 0.2) is 66.0 Å². The number of sulfone groups is 1. The number of nitrogen functional groups attached to an aromatic ring is 1. The predicted octanol–water partition coefficient (Wildman–Crippen LogP) is 2.96. The topological polar surface area (TPSA) is 163 Å². The Bertz CT molecular complexity index is 1830. The number of carbonyl (C=O) groups is 3. The highest BCUT2D eigenvalue weighted by atomic mass is 32.2. The van der Waals surface area contributed by atoms with Gasteiger partial charge in [-0.25, -0.2) is 8.42 Å². The largest absolute Gasteiger partial charge is 0.384 e. The summed E-state index contributed by atoms with van der Waals surface area (Å²) in [4.78, 5) is 41.5. The summed E-state index contributed by atoms with van der Waals surface area (Å²) in [7, 11) is -3.53. The molecule has 1 saturated heterocycles. The molecule has 3 atom stereocenters. The van der Waals surface area contributed by atoms with Gasteiger partial charge in [0.1, 0.15) is 11.9 Å². The van der Waals surface area contributed by atoms with Crippen LogP contribution in [0.2, 0.25) is 0 Å². The first kappa shape index (κ1) is 29.2. The van der Waals surface area contributed by atoms with Gasteiger partial charge in [-0.3, -0.25) is 19.8 Å². The van der Waals surface area contributed by atoms with E-state index in [1.807, 2.05) is 42.5 Å². The number of nitrogens with zero attached hydrogens (tertiary/aromatic N) is 1. The van der Waals surface area contributed by atoms with Crippen molar-refractivity contribution in [1.82, 2.24) is 15.5 Å². The second kappa shape index (κ2) is 11.5. The van der Waals surface area contributed by atoms with E-state index in [4.69, 9.17) is 11.1 Å². The first-order valence-electron chi connectivity index (χ1n) is 13.3. The number of hydrogen-bond donors (Lipinski definition) is 4. The lowest BCUT2D eigenvalue weighted by Crippen LogP contribution is -2.49. The maximum Gasteiger partial charge on any atom is 0.251 e. The monoisotopic (exact) mass is 605 g/mol. The van der Waals surface area contributed by atoms with Gasteiger partial charge >= 0.3 is 0 Å². The molecule has 5 N–H and O–H groups in total. The van der Waals surface area contributed by atoms with Gasteiger partial charge in [-0.1, -0.05) is 30.3 Å². The van der Waals surface area contributed by atoms with Crippen molar-refractivity contribution in [2.24, 2.45) is 5.73 Å². The van der Waals surface area contributed by atoms with E-state index >= 15 is 0 Å². The highest BCUT2D eigenvalue weighted by Gasteiger charge is 2.43. The Balaban J connectivity index is 1.28. The van der Waals surface area contributed by atoms with E-state index in [9.17, 15) is 22.8 Å². The fraction of sp³-hybridized carbons (Fsp3) is 0.267. The number of nitrogens with one attached hydrogen (secondary N) is 3. The molecule has 1 aliphatic rings. The lowest BCUT2D eigenvalue weighted by molar-refractivity contribution is -0.137. The van der Waals surface area contributed by atoms with Gasteiger partial charge in [0.2, 0.25) is 11.8 Å². The molecular weight excluding hydrogens is 574 g/mol. The zero-order valence-electron chi connectivity index (χ0n) is 23.1. The average molecular weight is 606 g/mol. The Labute approximate surface area is 247 Å². The van der Waals surface area contributed by atoms with Crippen LogP contribution in [0.25, 0.3) is 21.5 Å². The molecule has 1 aliphatic heterocycles. The van der Waals surface area contributed by atoms with Crippen molar-refractivity contribution in [3.8, 4) is 0 Å². The first-order valence-corrected chi connectivity index (χ1v) is 16.2. The number of thiophene rings is 1. The van der Waals surface area contributed by atoms with Crippen LogP contribution in [0.3, 0.4) is 0 Å². The van der Waals surface area contributed by atoms with Crippen LogP contribution in [0.1, 0.15) is 40.2 Å². The number of rotatable bonds is 8. The number of likely N-dealkylation sites (tertiary alicyclic amines) is 1. The molecule has 3 amide bonds. The Morgan fingerprint density at radius 3 is 2.33 bits per heavy atom. The maximum absolute atomic E-state index is 13.3. The molecule has 0 saturated carbocycles. The van der Waals surface area contributed by atoms with Gasteiger partial charge in [0, 0.05) is 34.2 Å². The standard InChI is InChI=1S/C30H31N5O5S2/c1-17(26-12-23(16-41-26)28(31)32)34-30(38)25-13-24(42(2,39)40)15-35(25)27(36)14-33-29(37)21-8-7-20-9-18-5-3-4-6-19(18)10-22(20)11-21/h3-12,16-17,24-25H,13-15H2,1-2H3,(H3,31,32)(H,33,37)(H,34,38)/t17-,24-,25+/m1/s1. The fourth-order valence-electron chi connectivity index (χ4n) is 5.17. The van der Waals surface area contributed by atoms with Gasteiger partial charge in [-0.2, -0.15) is 0 Å². The van der Waals surface area contributed by atoms with Gasteiger partial charge in [0.25, 0.3) is 5.91 Å². The lowest BCUT2D eigenvalue weighted by Gasteiger charge is -2.25. The third-order valence-corrected chi connectivity index (χ3v) is 10.2. The minimum absolute atomic E-state index is 0.0428. The summed E-state index contributed by atoms with van der Waals surface area (Å²) < 4.78 is 24.7. The van der Waals surface area contributed by atoms with Gasteiger partial charge in [0.05, 0.1) is 17.8 Å². The summed E-state index contributed by atoms with van der Waals surface area (Å²) >= 11 is 1.33. The van der Waals surface area contributed by atoms with Gasteiger partial charge in [-0.15, -0.1) is 11.3 Å². The SMILES string of the molecule is C[C@@H](NC(=O)[C@@H]1C[C@@H](S(C)(=O)=O)CN1C(=O)CNC(=O)c1ccc2cc3ccccc3cc2c1)c1cc(C(=N)N)cs1. The van der Waals surface area contributed by atoms with E-state index in [0.717, 1.165) is 32.7 Å². The Morgan fingerprint density at radius 2 is 1.69 bits per heavy atom. The predicted molar refractivity (Wildman–Crippen MR) is 164 cm³/mol. The number of amides is 3. The highest BCUT2D eigenvalue weighted by molar-refractivity contribution is 7.91. The van der Waals surface area contributed by atoms with Crippen molar-refractivity contribution in [2.45, 2.75) is 30.7 Å². The van der Waals surface area contributed by atoms with Crippen LogP contribution in [-0.4, -0.2) is 67.5 Å². The van der Waals surface area contributed by atoms with Crippen molar-refractivity contribution in [3.63, 3.8) is 0 Å². The summed E-state index contributed by atoms with van der Waals surface area (Å²) in [6.45, 7) is 1.23. The number of amidine groups is 1. The molecule has 0 aliphatic carbocycles. The maximum atomic E-state index is 13.3. The van der Waals surface area contributed by atoms with E-state index in [1.54, 1.807) is 30.5 Å². The van der Waals surface area contributed by atoms with Crippen LogP contribution in [0.5, 0.6) is 0 Å². The molecule has 0 bridgehead atoms. The van der Waals surface area contributed by atoms with Crippen LogP contribution >= 0.6 is 11.3 Å². The third-order valence-electron chi connectivity index (χ3n) is 7.57. The van der Waals surface area contributed by atoms with Crippen molar-refractivity contribution in [3.05, 3.63) is 82.0 Å². The minimum Gasteiger partial charge on any atom is -0.384 e. The van der Waals surface area contributed by atoms with Gasteiger partial charge in [-0.05, 0) is 65.2 Å². The van der Waals surface area contributed by atoms with Gasteiger partial charge < -0.3 is 21.3 Å². The summed E-state index contributed by atoms with van der Waals surface area (Å²) in [5.74, 6) is -1.58. The zero-order chi connectivity index (χ0) is 30.2. The molecule has 42 heavy (non-hydrogen) atoms. The van der Waals surface area contributed by atoms with E-state index in [0.29, 0.717) is 11.1 Å². The molecule has 1 fully saturated rings. The number of hydrogen-bond acceptors (Lipinski definition) is 7. The number of benzene rings is 3. The summed E-state index contributed by atoms with van der Waals surface area (Å²) in [6.07, 6.45) is 1.04. The van der Waals surface area contributed by atoms with Crippen molar-refractivity contribution >= 4 is 66.3 Å². The van der Waals surface area contributed by atoms with E-state index < -0.39 is 51.4 Å². The van der Waals surface area contributed by atoms with E-state index in [2.05, 4.69) is 10.6 Å². The third kappa shape index (κ3) is 6.14. The minimum atomic E-state index is -3.53. The molecule has 5 rings (SSSR count). The molecule has 0 unspecified atom stereocenters. The molecule has 2 heterocycles. The lowest BCUT2D eigenvalue weighted by atomic mass is 10.0. The van der Waals surface area contributed by atoms with E-state index in [1.165, 1.54) is 16.2 Å². The molecule has 1 aromatic heterocycles. The number of fused-ring (bicyclic) bond motifs is 2. The number of carbonyl (C=O) groups excluding carboxylic acids is 3. The Kier molecular flexibility index (Phi) is 8.02. The van der Waals surface area contributed by atoms with Gasteiger partial charge in [0.15, 0.2) is 9.84 Å². The van der Waals surface area contributed by atoms with Crippen LogP contribution in [-0.2, 0) is 19.4 Å². The first-order chi connectivity index (χ1) is 19.9.